The maximum absolute atomic E-state index is 12.4. The number of carbonyl (C=O) groups is 1. The maximum Gasteiger partial charge on any atom is 0.344 e. The van der Waals surface area contributed by atoms with E-state index in [9.17, 15) is 25.0 Å². The van der Waals surface area contributed by atoms with Gasteiger partial charge in [0.25, 0.3) is 11.4 Å². The van der Waals surface area contributed by atoms with Gasteiger partial charge in [0.1, 0.15) is 5.56 Å². The van der Waals surface area contributed by atoms with E-state index in [0.29, 0.717) is 5.56 Å². The fourth-order valence-corrected chi connectivity index (χ4v) is 2.35. The summed E-state index contributed by atoms with van der Waals surface area (Å²) < 4.78 is 10.3. The second kappa shape index (κ2) is 8.41. The van der Waals surface area contributed by atoms with Crippen molar-refractivity contribution in [2.45, 2.75) is 6.92 Å². The summed E-state index contributed by atoms with van der Waals surface area (Å²) in [4.78, 5) is 33.1. The molecule has 0 amide bonds. The van der Waals surface area contributed by atoms with Crippen LogP contribution in [0.2, 0.25) is 0 Å². The summed E-state index contributed by atoms with van der Waals surface area (Å²) in [7, 11) is 1.34. The molecule has 0 heterocycles. The largest absolute Gasteiger partial charge is 0.493 e. The number of carbonyl (C=O) groups excluding carboxylic acids is 1. The van der Waals surface area contributed by atoms with Crippen molar-refractivity contribution in [2.75, 3.05) is 7.11 Å². The quantitative estimate of drug-likeness (QED) is 0.242. The van der Waals surface area contributed by atoms with Gasteiger partial charge in [-0.3, -0.25) is 20.2 Å². The van der Waals surface area contributed by atoms with E-state index in [1.165, 1.54) is 38.3 Å². The molecule has 0 aliphatic rings. The fourth-order valence-electron chi connectivity index (χ4n) is 2.35. The highest BCUT2D eigenvalue weighted by molar-refractivity contribution is 5.93. The number of allylic oxidation sites excluding steroid dienone is 1. The van der Waals surface area contributed by atoms with E-state index < -0.39 is 27.2 Å². The van der Waals surface area contributed by atoms with E-state index in [2.05, 4.69) is 0 Å². The summed E-state index contributed by atoms with van der Waals surface area (Å²) >= 11 is 0. The first-order valence-corrected chi connectivity index (χ1v) is 7.68. The third-order valence-electron chi connectivity index (χ3n) is 3.72. The SMILES string of the molecule is COc1cc(/C=C\C#N)ccc1OC(=O)c1cc([N+](=O)[O-])c(C)c([N+](=O)[O-])c1. The number of nitrogens with zero attached hydrogens (tertiary/aromatic N) is 3. The Morgan fingerprint density at radius 1 is 1.11 bits per heavy atom. The highest BCUT2D eigenvalue weighted by Gasteiger charge is 2.26. The number of hydrogen-bond acceptors (Lipinski definition) is 8. The molecule has 2 rings (SSSR count). The molecule has 0 fully saturated rings. The molecule has 0 aromatic heterocycles. The molecule has 0 bridgehead atoms. The van der Waals surface area contributed by atoms with Crippen LogP contribution in [0, 0.1) is 38.5 Å². The summed E-state index contributed by atoms with van der Waals surface area (Å²) in [5.41, 5.74) is -1.03. The second-order valence-corrected chi connectivity index (χ2v) is 5.42. The van der Waals surface area contributed by atoms with Gasteiger partial charge in [0.2, 0.25) is 0 Å². The number of methoxy groups -OCH3 is 1. The molecule has 0 radical (unpaired) electrons. The van der Waals surface area contributed by atoms with E-state index in [-0.39, 0.29) is 22.6 Å². The number of esters is 1. The Hall–Kier alpha value is -4.26. The highest BCUT2D eigenvalue weighted by atomic mass is 16.6. The van der Waals surface area contributed by atoms with Crippen molar-refractivity contribution in [3.8, 4) is 17.6 Å². The number of nitro benzene ring substituents is 2. The minimum Gasteiger partial charge on any atom is -0.493 e. The number of nitriles is 1. The Kier molecular flexibility index (Phi) is 6.03. The molecule has 142 valence electrons. The van der Waals surface area contributed by atoms with Gasteiger partial charge in [-0.25, -0.2) is 4.79 Å². The molecule has 0 saturated heterocycles. The average molecular weight is 383 g/mol. The van der Waals surface area contributed by atoms with Crippen LogP contribution < -0.4 is 9.47 Å². The first-order chi connectivity index (χ1) is 13.3. The molecule has 0 aliphatic heterocycles. The van der Waals surface area contributed by atoms with Crippen molar-refractivity contribution >= 4 is 23.4 Å². The van der Waals surface area contributed by atoms with Gasteiger partial charge < -0.3 is 9.47 Å². The Bertz CT molecular complexity index is 1000. The summed E-state index contributed by atoms with van der Waals surface area (Å²) in [6.07, 6.45) is 2.77. The number of rotatable bonds is 6. The molecule has 2 aromatic carbocycles. The molecule has 0 spiro atoms. The van der Waals surface area contributed by atoms with Crippen LogP contribution in [-0.4, -0.2) is 22.9 Å². The Morgan fingerprint density at radius 3 is 2.21 bits per heavy atom. The van der Waals surface area contributed by atoms with Gasteiger partial charge in [0.15, 0.2) is 11.5 Å². The molecule has 10 nitrogen and oxygen atoms in total. The van der Waals surface area contributed by atoms with Crippen LogP contribution in [0.5, 0.6) is 11.5 Å². The molecular weight excluding hydrogens is 370 g/mol. The molecule has 0 aliphatic carbocycles. The van der Waals surface area contributed by atoms with E-state index >= 15 is 0 Å². The lowest BCUT2D eigenvalue weighted by molar-refractivity contribution is -0.395. The van der Waals surface area contributed by atoms with Crippen molar-refractivity contribution < 1.29 is 24.1 Å². The normalized spacial score (nSPS) is 10.3. The van der Waals surface area contributed by atoms with Crippen LogP contribution in [-0.2, 0) is 0 Å². The van der Waals surface area contributed by atoms with Crippen LogP contribution in [0.15, 0.2) is 36.4 Å². The predicted molar refractivity (Wildman–Crippen MR) is 97.1 cm³/mol. The van der Waals surface area contributed by atoms with Gasteiger partial charge in [-0.2, -0.15) is 5.26 Å². The lowest BCUT2D eigenvalue weighted by atomic mass is 10.1. The van der Waals surface area contributed by atoms with Crippen LogP contribution >= 0.6 is 0 Å². The number of hydrogen-bond donors (Lipinski definition) is 0. The van der Waals surface area contributed by atoms with Crippen molar-refractivity contribution in [3.05, 3.63) is 73.3 Å². The summed E-state index contributed by atoms with van der Waals surface area (Å²) in [5.74, 6) is -0.846. The maximum atomic E-state index is 12.4. The van der Waals surface area contributed by atoms with Gasteiger partial charge in [-0.15, -0.1) is 0 Å². The van der Waals surface area contributed by atoms with Crippen LogP contribution in [0.4, 0.5) is 11.4 Å². The smallest absolute Gasteiger partial charge is 0.344 e. The fraction of sp³-hybridized carbons (Fsp3) is 0.111. The molecule has 28 heavy (non-hydrogen) atoms. The summed E-state index contributed by atoms with van der Waals surface area (Å²) in [6.45, 7) is 1.22. The van der Waals surface area contributed by atoms with E-state index in [1.54, 1.807) is 6.07 Å². The number of benzene rings is 2. The molecule has 2 aromatic rings. The minimum atomic E-state index is -1.02. The number of nitro groups is 2. The number of ether oxygens (including phenoxy) is 2. The summed E-state index contributed by atoms with van der Waals surface area (Å²) in [5, 5.41) is 30.8. The predicted octanol–water partition coefficient (Wildman–Crippen LogP) is 3.58. The van der Waals surface area contributed by atoms with Crippen molar-refractivity contribution in [1.29, 1.82) is 5.26 Å². The van der Waals surface area contributed by atoms with E-state index in [4.69, 9.17) is 14.7 Å². The van der Waals surface area contributed by atoms with Crippen molar-refractivity contribution in [3.63, 3.8) is 0 Å². The molecule has 0 saturated carbocycles. The van der Waals surface area contributed by atoms with Crippen molar-refractivity contribution in [2.24, 2.45) is 0 Å². The zero-order valence-corrected chi connectivity index (χ0v) is 14.7. The molecule has 10 heteroatoms. The van der Waals surface area contributed by atoms with Crippen LogP contribution in [0.1, 0.15) is 21.5 Å². The highest BCUT2D eigenvalue weighted by Crippen LogP contribution is 2.32. The zero-order valence-electron chi connectivity index (χ0n) is 14.7. The Labute approximate surface area is 158 Å². The first kappa shape index (κ1) is 20.1. The molecule has 0 N–H and O–H groups in total. The Morgan fingerprint density at radius 2 is 1.71 bits per heavy atom. The van der Waals surface area contributed by atoms with E-state index in [1.807, 2.05) is 6.07 Å². The zero-order chi connectivity index (χ0) is 20.8. The molecule has 0 unspecified atom stereocenters. The van der Waals surface area contributed by atoms with Crippen LogP contribution in [0.25, 0.3) is 6.08 Å². The van der Waals surface area contributed by atoms with Gasteiger partial charge in [-0.1, -0.05) is 6.07 Å². The van der Waals surface area contributed by atoms with Gasteiger partial charge >= 0.3 is 5.97 Å². The van der Waals surface area contributed by atoms with Gasteiger partial charge in [0.05, 0.1) is 28.6 Å². The topological polar surface area (TPSA) is 146 Å². The standard InChI is InChI=1S/C18H13N3O7/c1-11-14(20(23)24)9-13(10-15(11)21(25)26)18(22)28-16-6-5-12(4-3-7-19)8-17(16)27-2/h3-6,8-10H,1-2H3/b4-3-. The van der Waals surface area contributed by atoms with Crippen molar-refractivity contribution in [1.82, 2.24) is 0 Å². The Balaban J connectivity index is 2.42. The molecule has 0 atom stereocenters. The lowest BCUT2D eigenvalue weighted by Crippen LogP contribution is -2.11. The second-order valence-electron chi connectivity index (χ2n) is 5.42. The minimum absolute atomic E-state index is 0.00693. The third kappa shape index (κ3) is 4.28. The molecular formula is C18H13N3O7. The van der Waals surface area contributed by atoms with Gasteiger partial charge in [-0.05, 0) is 30.7 Å². The third-order valence-corrected chi connectivity index (χ3v) is 3.72. The first-order valence-electron chi connectivity index (χ1n) is 7.68. The monoisotopic (exact) mass is 383 g/mol. The lowest BCUT2D eigenvalue weighted by Gasteiger charge is -2.10. The average Bonchev–Trinajstić information content (AvgIpc) is 2.66. The van der Waals surface area contributed by atoms with E-state index in [0.717, 1.165) is 12.1 Å². The van der Waals surface area contributed by atoms with Crippen LogP contribution in [0.3, 0.4) is 0 Å². The summed E-state index contributed by atoms with van der Waals surface area (Å²) in [6, 6.07) is 8.15. The van der Waals surface area contributed by atoms with Gasteiger partial charge in [0, 0.05) is 18.2 Å².